The first-order valence-electron chi connectivity index (χ1n) is 6.48. The molecule has 0 aliphatic heterocycles. The van der Waals surface area contributed by atoms with E-state index in [1.54, 1.807) is 12.1 Å². The van der Waals surface area contributed by atoms with Crippen LogP contribution in [0.25, 0.3) is 0 Å². The monoisotopic (exact) mass is 336 g/mol. The Balaban J connectivity index is 2.17. The van der Waals surface area contributed by atoms with E-state index in [1.807, 2.05) is 38.2 Å². The molecule has 2 rings (SSSR count). The smallest absolute Gasteiger partial charge is 0.123 e. The Morgan fingerprint density at radius 1 is 1.25 bits per heavy atom. The number of anilines is 1. The van der Waals surface area contributed by atoms with Crippen molar-refractivity contribution in [1.29, 1.82) is 0 Å². The molecule has 4 heteroatoms. The molecule has 1 unspecified atom stereocenters. The topological polar surface area (TPSA) is 29.3 Å². The zero-order chi connectivity index (χ0) is 14.7. The number of benzene rings is 2. The highest BCUT2D eigenvalue weighted by atomic mass is 79.9. The van der Waals surface area contributed by atoms with E-state index in [0.29, 0.717) is 6.54 Å². The SMILES string of the molecule is CC(N)c1ccc(N(C)Cc2cccc(F)c2)cc1Br. The molecule has 20 heavy (non-hydrogen) atoms. The van der Waals surface area contributed by atoms with Crippen molar-refractivity contribution in [3.8, 4) is 0 Å². The Labute approximate surface area is 127 Å². The molecule has 1 atom stereocenters. The maximum Gasteiger partial charge on any atom is 0.123 e. The molecule has 0 radical (unpaired) electrons. The third-order valence-corrected chi connectivity index (χ3v) is 3.91. The Kier molecular flexibility index (Phi) is 4.78. The number of halogens is 2. The van der Waals surface area contributed by atoms with Gasteiger partial charge < -0.3 is 10.6 Å². The maximum atomic E-state index is 13.2. The number of nitrogens with two attached hydrogens (primary N) is 1. The molecule has 0 saturated heterocycles. The summed E-state index contributed by atoms with van der Waals surface area (Å²) in [6, 6.07) is 12.7. The van der Waals surface area contributed by atoms with E-state index in [1.165, 1.54) is 6.07 Å². The van der Waals surface area contributed by atoms with Crippen LogP contribution in [0, 0.1) is 5.82 Å². The van der Waals surface area contributed by atoms with Crippen LogP contribution in [0.3, 0.4) is 0 Å². The predicted octanol–water partition coefficient (Wildman–Crippen LogP) is 4.24. The van der Waals surface area contributed by atoms with Crippen molar-refractivity contribution >= 4 is 21.6 Å². The van der Waals surface area contributed by atoms with E-state index in [2.05, 4.69) is 20.8 Å². The Bertz CT molecular complexity index is 599. The fourth-order valence-corrected chi connectivity index (χ4v) is 2.85. The summed E-state index contributed by atoms with van der Waals surface area (Å²) < 4.78 is 14.2. The van der Waals surface area contributed by atoms with Crippen LogP contribution < -0.4 is 10.6 Å². The third-order valence-electron chi connectivity index (χ3n) is 3.22. The Morgan fingerprint density at radius 3 is 2.60 bits per heavy atom. The Morgan fingerprint density at radius 2 is 2.00 bits per heavy atom. The quantitative estimate of drug-likeness (QED) is 0.904. The average Bonchev–Trinajstić information content (AvgIpc) is 2.38. The van der Waals surface area contributed by atoms with Crippen molar-refractivity contribution < 1.29 is 4.39 Å². The van der Waals surface area contributed by atoms with Crippen molar-refractivity contribution in [3.05, 3.63) is 63.9 Å². The minimum atomic E-state index is -0.204. The van der Waals surface area contributed by atoms with E-state index in [9.17, 15) is 4.39 Å². The lowest BCUT2D eigenvalue weighted by Gasteiger charge is -2.21. The summed E-state index contributed by atoms with van der Waals surface area (Å²) in [4.78, 5) is 2.07. The molecule has 2 aromatic rings. The number of rotatable bonds is 4. The van der Waals surface area contributed by atoms with Crippen LogP contribution in [0.4, 0.5) is 10.1 Å². The van der Waals surface area contributed by atoms with Gasteiger partial charge in [0, 0.05) is 29.8 Å². The fraction of sp³-hybridized carbons (Fsp3) is 0.250. The molecule has 2 nitrogen and oxygen atoms in total. The van der Waals surface area contributed by atoms with Crippen LogP contribution in [-0.2, 0) is 6.54 Å². The van der Waals surface area contributed by atoms with Gasteiger partial charge in [-0.25, -0.2) is 4.39 Å². The summed E-state index contributed by atoms with van der Waals surface area (Å²) in [5.74, 6) is -0.204. The van der Waals surface area contributed by atoms with Crippen LogP contribution >= 0.6 is 15.9 Å². The molecule has 2 N–H and O–H groups in total. The molecule has 0 heterocycles. The van der Waals surface area contributed by atoms with Gasteiger partial charge in [0.15, 0.2) is 0 Å². The van der Waals surface area contributed by atoms with Gasteiger partial charge in [-0.1, -0.05) is 34.1 Å². The molecule has 0 aliphatic rings. The van der Waals surface area contributed by atoms with Crippen molar-refractivity contribution in [2.75, 3.05) is 11.9 Å². The highest BCUT2D eigenvalue weighted by Crippen LogP contribution is 2.27. The van der Waals surface area contributed by atoms with Gasteiger partial charge in [-0.05, 0) is 42.3 Å². The lowest BCUT2D eigenvalue weighted by molar-refractivity contribution is 0.625. The van der Waals surface area contributed by atoms with E-state index in [0.717, 1.165) is 21.3 Å². The molecule has 106 valence electrons. The minimum absolute atomic E-state index is 0.00745. The summed E-state index contributed by atoms with van der Waals surface area (Å²) in [7, 11) is 1.98. The Hall–Kier alpha value is -1.39. The molecule has 0 bridgehead atoms. The summed E-state index contributed by atoms with van der Waals surface area (Å²) in [6.07, 6.45) is 0. The molecule has 0 aliphatic carbocycles. The van der Waals surface area contributed by atoms with Crippen molar-refractivity contribution in [2.24, 2.45) is 5.73 Å². The summed E-state index contributed by atoms with van der Waals surface area (Å²) in [6.45, 7) is 2.61. The maximum absolute atomic E-state index is 13.2. The van der Waals surface area contributed by atoms with Gasteiger partial charge in [-0.15, -0.1) is 0 Å². The van der Waals surface area contributed by atoms with Gasteiger partial charge in [-0.3, -0.25) is 0 Å². The first-order chi connectivity index (χ1) is 9.47. The highest BCUT2D eigenvalue weighted by Gasteiger charge is 2.08. The molecule has 0 amide bonds. The summed E-state index contributed by atoms with van der Waals surface area (Å²) in [5, 5.41) is 0. The lowest BCUT2D eigenvalue weighted by atomic mass is 10.1. The molecule has 0 aromatic heterocycles. The molecule has 0 saturated carbocycles. The predicted molar refractivity (Wildman–Crippen MR) is 85.3 cm³/mol. The van der Waals surface area contributed by atoms with Crippen LogP contribution in [0.2, 0.25) is 0 Å². The second-order valence-corrected chi connectivity index (χ2v) is 5.83. The molecular weight excluding hydrogens is 319 g/mol. The van der Waals surface area contributed by atoms with Crippen molar-refractivity contribution in [2.45, 2.75) is 19.5 Å². The molecule has 0 spiro atoms. The molecule has 0 fully saturated rings. The van der Waals surface area contributed by atoms with Crippen LogP contribution in [0.1, 0.15) is 24.1 Å². The molecule has 2 aromatic carbocycles. The summed E-state index contributed by atoms with van der Waals surface area (Å²) >= 11 is 3.55. The van der Waals surface area contributed by atoms with Gasteiger partial charge in [0.25, 0.3) is 0 Å². The van der Waals surface area contributed by atoms with Gasteiger partial charge in [0.2, 0.25) is 0 Å². The van der Waals surface area contributed by atoms with Gasteiger partial charge in [0.05, 0.1) is 0 Å². The number of hydrogen-bond donors (Lipinski definition) is 1. The van der Waals surface area contributed by atoms with Gasteiger partial charge in [-0.2, -0.15) is 0 Å². The third kappa shape index (κ3) is 3.58. The van der Waals surface area contributed by atoms with Gasteiger partial charge >= 0.3 is 0 Å². The standard InChI is InChI=1S/C16H18BrFN2/c1-11(19)15-7-6-14(9-16(15)17)20(2)10-12-4-3-5-13(18)8-12/h3-9,11H,10,19H2,1-2H3. The van der Waals surface area contributed by atoms with Crippen molar-refractivity contribution in [3.63, 3.8) is 0 Å². The molecular formula is C16H18BrFN2. The first-order valence-corrected chi connectivity index (χ1v) is 7.27. The van der Waals surface area contributed by atoms with E-state index >= 15 is 0 Å². The first kappa shape index (κ1) is 15.0. The van der Waals surface area contributed by atoms with Crippen LogP contribution in [-0.4, -0.2) is 7.05 Å². The fourth-order valence-electron chi connectivity index (χ4n) is 2.12. The van der Waals surface area contributed by atoms with Crippen molar-refractivity contribution in [1.82, 2.24) is 0 Å². The zero-order valence-electron chi connectivity index (χ0n) is 11.6. The van der Waals surface area contributed by atoms with E-state index < -0.39 is 0 Å². The second-order valence-electron chi connectivity index (χ2n) is 4.98. The average molecular weight is 337 g/mol. The number of nitrogens with zero attached hydrogens (tertiary/aromatic N) is 1. The summed E-state index contributed by atoms with van der Waals surface area (Å²) in [5.41, 5.74) is 8.98. The highest BCUT2D eigenvalue weighted by molar-refractivity contribution is 9.10. The van der Waals surface area contributed by atoms with E-state index in [4.69, 9.17) is 5.73 Å². The van der Waals surface area contributed by atoms with Gasteiger partial charge in [0.1, 0.15) is 5.82 Å². The largest absolute Gasteiger partial charge is 0.370 e. The zero-order valence-corrected chi connectivity index (χ0v) is 13.2. The lowest BCUT2D eigenvalue weighted by Crippen LogP contribution is -2.17. The van der Waals surface area contributed by atoms with E-state index in [-0.39, 0.29) is 11.9 Å². The van der Waals surface area contributed by atoms with Crippen LogP contribution in [0.15, 0.2) is 46.9 Å². The number of hydrogen-bond acceptors (Lipinski definition) is 2. The van der Waals surface area contributed by atoms with Crippen LogP contribution in [0.5, 0.6) is 0 Å². The second kappa shape index (κ2) is 6.37. The minimum Gasteiger partial charge on any atom is -0.370 e. The normalized spacial score (nSPS) is 12.2.